The molecule has 3 rings (SSSR count). The van der Waals surface area contributed by atoms with Crippen LogP contribution in [0.25, 0.3) is 5.69 Å². The van der Waals surface area contributed by atoms with Crippen molar-refractivity contribution in [3.05, 3.63) is 53.6 Å². The minimum absolute atomic E-state index is 0.000138. The number of nitrogens with two attached hydrogens (primary N) is 2. The lowest BCUT2D eigenvalue weighted by molar-refractivity contribution is 0.262. The standard InChI is InChI=1S/C15H14ClN7O3S/c16-9-1-3-10(4-2-9)19-15(24)21-14-20-13(17)23(22-14)11-5-7-12(8-6-11)27(18,25)26/h1-8H,(H2,18,25,26)(H4,17,19,20,21,22,24). The predicted octanol–water partition coefficient (Wildman–Crippen LogP) is 1.79. The van der Waals surface area contributed by atoms with Gasteiger partial charge in [0.2, 0.25) is 16.0 Å². The molecule has 1 aromatic heterocycles. The van der Waals surface area contributed by atoms with Crippen LogP contribution in [0.5, 0.6) is 0 Å². The van der Waals surface area contributed by atoms with Crippen LogP contribution in [0.2, 0.25) is 5.02 Å². The first-order valence-electron chi connectivity index (χ1n) is 7.42. The van der Waals surface area contributed by atoms with Crippen molar-refractivity contribution in [1.29, 1.82) is 0 Å². The molecule has 0 fully saturated rings. The van der Waals surface area contributed by atoms with Crippen molar-refractivity contribution in [3.8, 4) is 5.69 Å². The molecule has 0 radical (unpaired) electrons. The summed E-state index contributed by atoms with van der Waals surface area (Å²) in [6.07, 6.45) is 0. The van der Waals surface area contributed by atoms with E-state index < -0.39 is 16.1 Å². The van der Waals surface area contributed by atoms with Crippen molar-refractivity contribution in [2.75, 3.05) is 16.4 Å². The zero-order chi connectivity index (χ0) is 19.6. The van der Waals surface area contributed by atoms with Gasteiger partial charge in [-0.1, -0.05) is 11.6 Å². The van der Waals surface area contributed by atoms with Crippen molar-refractivity contribution in [2.24, 2.45) is 5.14 Å². The third-order valence-corrected chi connectivity index (χ3v) is 4.55. The second kappa shape index (κ2) is 7.23. The Labute approximate surface area is 159 Å². The minimum atomic E-state index is -3.81. The third kappa shape index (κ3) is 4.53. The van der Waals surface area contributed by atoms with E-state index in [9.17, 15) is 13.2 Å². The van der Waals surface area contributed by atoms with Gasteiger partial charge >= 0.3 is 6.03 Å². The largest absolute Gasteiger partial charge is 0.368 e. The number of carbonyl (C=O) groups is 1. The molecule has 0 aliphatic heterocycles. The number of halogens is 1. The van der Waals surface area contributed by atoms with E-state index >= 15 is 0 Å². The van der Waals surface area contributed by atoms with Crippen molar-refractivity contribution in [2.45, 2.75) is 4.90 Å². The molecule has 0 aliphatic carbocycles. The molecule has 6 N–H and O–H groups in total. The second-order valence-electron chi connectivity index (χ2n) is 5.33. The summed E-state index contributed by atoms with van der Waals surface area (Å²) in [4.78, 5) is 15.9. The number of amides is 2. The number of hydrogen-bond acceptors (Lipinski definition) is 6. The Bertz CT molecular complexity index is 1080. The number of carbonyl (C=O) groups excluding carboxylic acids is 1. The van der Waals surface area contributed by atoms with E-state index in [2.05, 4.69) is 20.7 Å². The topological polar surface area (TPSA) is 158 Å². The number of urea groups is 1. The molecule has 0 saturated heterocycles. The summed E-state index contributed by atoms with van der Waals surface area (Å²) >= 11 is 5.79. The van der Waals surface area contributed by atoms with E-state index in [-0.39, 0.29) is 16.8 Å². The number of nitrogens with zero attached hydrogens (tertiary/aromatic N) is 3. The normalized spacial score (nSPS) is 11.2. The smallest absolute Gasteiger partial charge is 0.326 e. The summed E-state index contributed by atoms with van der Waals surface area (Å²) in [6.45, 7) is 0. The molecule has 0 spiro atoms. The van der Waals surface area contributed by atoms with Crippen LogP contribution in [0.1, 0.15) is 0 Å². The molecule has 3 aromatic rings. The van der Waals surface area contributed by atoms with Gasteiger partial charge in [0.1, 0.15) is 0 Å². The van der Waals surface area contributed by atoms with Gasteiger partial charge in [-0.3, -0.25) is 5.32 Å². The van der Waals surface area contributed by atoms with Crippen LogP contribution < -0.4 is 21.5 Å². The Balaban J connectivity index is 1.74. The molecule has 2 aromatic carbocycles. The lowest BCUT2D eigenvalue weighted by atomic mass is 10.3. The molecule has 0 bridgehead atoms. The van der Waals surface area contributed by atoms with E-state index in [1.165, 1.54) is 28.9 Å². The molecule has 0 atom stereocenters. The Kier molecular flexibility index (Phi) is 4.99. The van der Waals surface area contributed by atoms with Crippen LogP contribution in [0.4, 0.5) is 22.4 Å². The fraction of sp³-hybridized carbons (Fsp3) is 0. The fourth-order valence-corrected chi connectivity index (χ4v) is 2.78. The van der Waals surface area contributed by atoms with Gasteiger partial charge in [-0.05, 0) is 48.5 Å². The lowest BCUT2D eigenvalue weighted by Gasteiger charge is -2.05. The lowest BCUT2D eigenvalue weighted by Crippen LogP contribution is -2.20. The Morgan fingerprint density at radius 1 is 1.04 bits per heavy atom. The molecule has 27 heavy (non-hydrogen) atoms. The van der Waals surface area contributed by atoms with Crippen molar-refractivity contribution in [1.82, 2.24) is 14.8 Å². The third-order valence-electron chi connectivity index (χ3n) is 3.37. The highest BCUT2D eigenvalue weighted by Crippen LogP contribution is 2.17. The number of nitrogens with one attached hydrogen (secondary N) is 2. The highest BCUT2D eigenvalue weighted by molar-refractivity contribution is 7.89. The number of sulfonamides is 1. The molecule has 10 nitrogen and oxygen atoms in total. The molecule has 1 heterocycles. The number of nitrogen functional groups attached to an aromatic ring is 1. The fourth-order valence-electron chi connectivity index (χ4n) is 2.14. The SMILES string of the molecule is Nc1nc(NC(=O)Nc2ccc(Cl)cc2)nn1-c1ccc(S(N)(=O)=O)cc1. The number of anilines is 3. The summed E-state index contributed by atoms with van der Waals surface area (Å²) < 4.78 is 23.8. The van der Waals surface area contributed by atoms with Crippen molar-refractivity contribution in [3.63, 3.8) is 0 Å². The van der Waals surface area contributed by atoms with Gasteiger partial charge in [0, 0.05) is 10.7 Å². The quantitative estimate of drug-likeness (QED) is 0.516. The molecule has 12 heteroatoms. The average molecular weight is 408 g/mol. The van der Waals surface area contributed by atoms with Crippen LogP contribution in [0, 0.1) is 0 Å². The van der Waals surface area contributed by atoms with Gasteiger partial charge in [0.15, 0.2) is 0 Å². The van der Waals surface area contributed by atoms with E-state index in [0.29, 0.717) is 16.4 Å². The van der Waals surface area contributed by atoms with Crippen LogP contribution in [-0.2, 0) is 10.0 Å². The van der Waals surface area contributed by atoms with Crippen molar-refractivity contribution < 1.29 is 13.2 Å². The summed E-state index contributed by atoms with van der Waals surface area (Å²) in [5, 5.41) is 14.7. The number of primary sulfonamides is 1. The number of hydrogen-bond donors (Lipinski definition) is 4. The maximum atomic E-state index is 12.0. The van der Waals surface area contributed by atoms with Gasteiger partial charge in [0.25, 0.3) is 5.95 Å². The Morgan fingerprint density at radius 2 is 1.67 bits per heavy atom. The van der Waals surface area contributed by atoms with Crippen molar-refractivity contribution >= 4 is 45.2 Å². The first-order chi connectivity index (χ1) is 12.7. The van der Waals surface area contributed by atoms with E-state index in [0.717, 1.165) is 0 Å². The van der Waals surface area contributed by atoms with Gasteiger partial charge in [-0.2, -0.15) is 9.67 Å². The molecule has 2 amide bonds. The molecule has 140 valence electrons. The first kappa shape index (κ1) is 18.6. The van der Waals surface area contributed by atoms with Gasteiger partial charge < -0.3 is 11.1 Å². The molecule has 0 aliphatic rings. The summed E-state index contributed by atoms with van der Waals surface area (Å²) in [6, 6.07) is 11.5. The van der Waals surface area contributed by atoms with Crippen LogP contribution in [-0.4, -0.2) is 29.2 Å². The number of rotatable bonds is 4. The number of benzene rings is 2. The highest BCUT2D eigenvalue weighted by atomic mass is 35.5. The first-order valence-corrected chi connectivity index (χ1v) is 9.34. The molecular formula is C15H14ClN7O3S. The highest BCUT2D eigenvalue weighted by Gasteiger charge is 2.13. The van der Waals surface area contributed by atoms with Gasteiger partial charge in [-0.15, -0.1) is 5.10 Å². The molecule has 0 unspecified atom stereocenters. The molecule has 0 saturated carbocycles. The predicted molar refractivity (Wildman–Crippen MR) is 101 cm³/mol. The number of aromatic nitrogens is 3. The average Bonchev–Trinajstić information content (AvgIpc) is 2.96. The minimum Gasteiger partial charge on any atom is -0.368 e. The van der Waals surface area contributed by atoms with E-state index in [4.69, 9.17) is 22.5 Å². The summed E-state index contributed by atoms with van der Waals surface area (Å²) in [7, 11) is -3.81. The van der Waals surface area contributed by atoms with Crippen LogP contribution in [0.3, 0.4) is 0 Å². The Morgan fingerprint density at radius 3 is 2.26 bits per heavy atom. The van der Waals surface area contributed by atoms with E-state index in [1.807, 2.05) is 0 Å². The zero-order valence-corrected chi connectivity index (χ0v) is 15.2. The monoisotopic (exact) mass is 407 g/mol. The Hall–Kier alpha value is -3.15. The maximum Gasteiger partial charge on any atom is 0.326 e. The molecular weight excluding hydrogens is 394 g/mol. The zero-order valence-electron chi connectivity index (χ0n) is 13.6. The summed E-state index contributed by atoms with van der Waals surface area (Å²) in [5.41, 5.74) is 6.78. The van der Waals surface area contributed by atoms with Gasteiger partial charge in [0.05, 0.1) is 10.6 Å². The van der Waals surface area contributed by atoms with E-state index in [1.54, 1.807) is 24.3 Å². The maximum absolute atomic E-state index is 12.0. The van der Waals surface area contributed by atoms with Gasteiger partial charge in [-0.25, -0.2) is 18.4 Å². The van der Waals surface area contributed by atoms with Crippen LogP contribution in [0.15, 0.2) is 53.4 Å². The summed E-state index contributed by atoms with van der Waals surface area (Å²) in [5.74, 6) is -0.0327. The van der Waals surface area contributed by atoms with Crippen LogP contribution >= 0.6 is 11.6 Å². The second-order valence-corrected chi connectivity index (χ2v) is 7.33.